The van der Waals surface area contributed by atoms with E-state index >= 15 is 0 Å². The molecule has 2 N–H and O–H groups in total. The van der Waals surface area contributed by atoms with Crippen LogP contribution in [0.3, 0.4) is 0 Å². The van der Waals surface area contributed by atoms with E-state index in [-0.39, 0.29) is 18.4 Å². The molecule has 1 aliphatic rings. The van der Waals surface area contributed by atoms with E-state index in [1.54, 1.807) is 12.1 Å². The molecule has 0 aromatic heterocycles. The number of sulfone groups is 1. The lowest BCUT2D eigenvalue weighted by Crippen LogP contribution is -2.42. The van der Waals surface area contributed by atoms with Crippen LogP contribution in [0.5, 0.6) is 0 Å². The smallest absolute Gasteiger partial charge is 0.182 e. The molecule has 1 fully saturated rings. The topological polar surface area (TPSA) is 60.2 Å². The quantitative estimate of drug-likeness (QED) is 0.910. The molecule has 1 aromatic rings. The fourth-order valence-corrected chi connectivity index (χ4v) is 4.35. The average molecular weight is 290 g/mol. The fourth-order valence-electron chi connectivity index (χ4n) is 2.41. The van der Waals surface area contributed by atoms with Crippen molar-refractivity contribution in [2.24, 2.45) is 5.73 Å². The van der Waals surface area contributed by atoms with Gasteiger partial charge in [-0.2, -0.15) is 0 Å². The zero-order chi connectivity index (χ0) is 12.5. The SMILES string of the molecule is Cc1ccc(S(=O)(=O)[C@@H]2CCCC[C@H]2N)cc1.Cl. The van der Waals surface area contributed by atoms with E-state index in [9.17, 15) is 8.42 Å². The molecular formula is C13H20ClNO2S. The van der Waals surface area contributed by atoms with Gasteiger partial charge in [-0.1, -0.05) is 30.5 Å². The molecule has 2 atom stereocenters. The molecule has 0 radical (unpaired) electrons. The summed E-state index contributed by atoms with van der Waals surface area (Å²) in [4.78, 5) is 0.408. The molecule has 0 bridgehead atoms. The van der Waals surface area contributed by atoms with Crippen LogP contribution in [0, 0.1) is 6.92 Å². The van der Waals surface area contributed by atoms with E-state index in [2.05, 4.69) is 0 Å². The number of halogens is 1. The first-order valence-electron chi connectivity index (χ1n) is 6.08. The van der Waals surface area contributed by atoms with Gasteiger partial charge in [0.25, 0.3) is 0 Å². The summed E-state index contributed by atoms with van der Waals surface area (Å²) in [5, 5.41) is -0.404. The number of nitrogens with two attached hydrogens (primary N) is 1. The van der Waals surface area contributed by atoms with Gasteiger partial charge < -0.3 is 5.73 Å². The van der Waals surface area contributed by atoms with Crippen LogP contribution in [0.15, 0.2) is 29.2 Å². The predicted molar refractivity (Wildman–Crippen MR) is 75.8 cm³/mol. The second-order valence-electron chi connectivity index (χ2n) is 4.84. The Kier molecular flexibility index (Phi) is 5.20. The van der Waals surface area contributed by atoms with Crippen molar-refractivity contribution in [2.75, 3.05) is 0 Å². The highest BCUT2D eigenvalue weighted by atomic mass is 35.5. The molecule has 0 spiro atoms. The van der Waals surface area contributed by atoms with Crippen LogP contribution in [0.1, 0.15) is 31.2 Å². The first-order chi connectivity index (χ1) is 8.01. The largest absolute Gasteiger partial charge is 0.327 e. The number of hydrogen-bond donors (Lipinski definition) is 1. The Morgan fingerprint density at radius 3 is 2.22 bits per heavy atom. The maximum atomic E-state index is 12.4. The number of aryl methyl sites for hydroxylation is 1. The number of rotatable bonds is 2. The van der Waals surface area contributed by atoms with Crippen LogP contribution in [-0.2, 0) is 9.84 Å². The van der Waals surface area contributed by atoms with Gasteiger partial charge in [-0.15, -0.1) is 12.4 Å². The van der Waals surface area contributed by atoms with E-state index < -0.39 is 15.1 Å². The Morgan fingerprint density at radius 1 is 1.11 bits per heavy atom. The third-order valence-electron chi connectivity index (χ3n) is 3.50. The maximum Gasteiger partial charge on any atom is 0.182 e. The van der Waals surface area contributed by atoms with Gasteiger partial charge in [-0.05, 0) is 31.9 Å². The molecule has 0 aliphatic heterocycles. The van der Waals surface area contributed by atoms with Crippen molar-refractivity contribution >= 4 is 22.2 Å². The second kappa shape index (κ2) is 6.04. The van der Waals surface area contributed by atoms with Crippen LogP contribution in [0.2, 0.25) is 0 Å². The van der Waals surface area contributed by atoms with Gasteiger partial charge in [-0.3, -0.25) is 0 Å². The summed E-state index contributed by atoms with van der Waals surface area (Å²) < 4.78 is 24.9. The predicted octanol–water partition coefficient (Wildman–Crippen LogP) is 2.46. The van der Waals surface area contributed by atoms with Crippen LogP contribution in [0.25, 0.3) is 0 Å². The number of benzene rings is 1. The molecule has 0 heterocycles. The Balaban J connectivity index is 0.00000162. The summed E-state index contributed by atoms with van der Waals surface area (Å²) in [6, 6.07) is 6.83. The summed E-state index contributed by atoms with van der Waals surface area (Å²) in [5.74, 6) is 0. The Bertz CT molecular complexity index is 484. The van der Waals surface area contributed by atoms with E-state index in [1.165, 1.54) is 0 Å². The van der Waals surface area contributed by atoms with Crippen LogP contribution in [0.4, 0.5) is 0 Å². The van der Waals surface area contributed by atoms with Crippen molar-refractivity contribution in [1.29, 1.82) is 0 Å². The van der Waals surface area contributed by atoms with Crippen LogP contribution >= 0.6 is 12.4 Å². The van der Waals surface area contributed by atoms with Gasteiger partial charge in [0.1, 0.15) is 0 Å². The molecule has 1 aromatic carbocycles. The molecular weight excluding hydrogens is 270 g/mol. The van der Waals surface area contributed by atoms with E-state index in [4.69, 9.17) is 5.73 Å². The summed E-state index contributed by atoms with van der Waals surface area (Å²) in [6.07, 6.45) is 3.51. The van der Waals surface area contributed by atoms with E-state index in [0.717, 1.165) is 24.8 Å². The first-order valence-corrected chi connectivity index (χ1v) is 7.62. The molecule has 3 nitrogen and oxygen atoms in total. The summed E-state index contributed by atoms with van der Waals surface area (Å²) >= 11 is 0. The molecule has 18 heavy (non-hydrogen) atoms. The molecule has 5 heteroatoms. The van der Waals surface area contributed by atoms with Gasteiger partial charge in [0, 0.05) is 6.04 Å². The molecule has 0 amide bonds. The standard InChI is InChI=1S/C13H19NO2S.ClH/c1-10-6-8-11(9-7-10)17(15,16)13-5-3-2-4-12(13)14;/h6-9,12-13H,2-5,14H2,1H3;1H/t12-,13-;/m1./s1. The fraction of sp³-hybridized carbons (Fsp3) is 0.538. The van der Waals surface area contributed by atoms with Crippen molar-refractivity contribution in [3.8, 4) is 0 Å². The lowest BCUT2D eigenvalue weighted by Gasteiger charge is -2.28. The lowest BCUT2D eigenvalue weighted by atomic mass is 9.96. The van der Waals surface area contributed by atoms with Gasteiger partial charge in [-0.25, -0.2) is 8.42 Å². The molecule has 0 unspecified atom stereocenters. The van der Waals surface area contributed by atoms with Crippen molar-refractivity contribution in [3.05, 3.63) is 29.8 Å². The summed E-state index contributed by atoms with van der Waals surface area (Å²) in [7, 11) is -3.25. The highest BCUT2D eigenvalue weighted by Gasteiger charge is 2.34. The minimum absolute atomic E-state index is 0. The monoisotopic (exact) mass is 289 g/mol. The molecule has 1 saturated carbocycles. The third kappa shape index (κ3) is 3.05. The highest BCUT2D eigenvalue weighted by Crippen LogP contribution is 2.28. The maximum absolute atomic E-state index is 12.4. The van der Waals surface area contributed by atoms with Crippen molar-refractivity contribution in [3.63, 3.8) is 0 Å². The van der Waals surface area contributed by atoms with E-state index in [1.807, 2.05) is 19.1 Å². The minimum Gasteiger partial charge on any atom is -0.327 e. The van der Waals surface area contributed by atoms with Gasteiger partial charge in [0.2, 0.25) is 0 Å². The Morgan fingerprint density at radius 2 is 1.67 bits per heavy atom. The lowest BCUT2D eigenvalue weighted by molar-refractivity contribution is 0.432. The molecule has 1 aliphatic carbocycles. The van der Waals surface area contributed by atoms with Gasteiger partial charge in [0.05, 0.1) is 10.1 Å². The zero-order valence-corrected chi connectivity index (χ0v) is 12.1. The van der Waals surface area contributed by atoms with Crippen molar-refractivity contribution in [2.45, 2.75) is 48.8 Å². The van der Waals surface area contributed by atoms with Crippen molar-refractivity contribution in [1.82, 2.24) is 0 Å². The Labute approximate surface area is 115 Å². The van der Waals surface area contributed by atoms with E-state index in [0.29, 0.717) is 11.3 Å². The van der Waals surface area contributed by atoms with Crippen LogP contribution < -0.4 is 5.73 Å². The van der Waals surface area contributed by atoms with Gasteiger partial charge in [0.15, 0.2) is 9.84 Å². The summed E-state index contributed by atoms with van der Waals surface area (Å²) in [6.45, 7) is 1.95. The second-order valence-corrected chi connectivity index (χ2v) is 7.01. The third-order valence-corrected chi connectivity index (χ3v) is 5.81. The Hall–Kier alpha value is -0.580. The van der Waals surface area contributed by atoms with Gasteiger partial charge >= 0.3 is 0 Å². The van der Waals surface area contributed by atoms with Crippen molar-refractivity contribution < 1.29 is 8.42 Å². The van der Waals surface area contributed by atoms with Crippen LogP contribution in [-0.4, -0.2) is 19.7 Å². The average Bonchev–Trinajstić information content (AvgIpc) is 2.30. The minimum atomic E-state index is -3.25. The molecule has 102 valence electrons. The highest BCUT2D eigenvalue weighted by molar-refractivity contribution is 7.92. The number of hydrogen-bond acceptors (Lipinski definition) is 3. The zero-order valence-electron chi connectivity index (χ0n) is 10.5. The normalized spacial score (nSPS) is 24.3. The summed E-state index contributed by atoms with van der Waals surface area (Å²) in [5.41, 5.74) is 7.02. The molecule has 2 rings (SSSR count). The molecule has 0 saturated heterocycles. The first kappa shape index (κ1) is 15.5.